The molecule has 1 saturated heterocycles. The summed E-state index contributed by atoms with van der Waals surface area (Å²) in [5.41, 5.74) is 0.946. The van der Waals surface area contributed by atoms with Gasteiger partial charge in [0.05, 0.1) is 5.69 Å². The van der Waals surface area contributed by atoms with Crippen molar-refractivity contribution in [2.45, 2.75) is 53.1 Å². The second kappa shape index (κ2) is 6.03. The third-order valence-electron chi connectivity index (χ3n) is 4.83. The highest BCUT2D eigenvalue weighted by Crippen LogP contribution is 2.25. The molecule has 0 bridgehead atoms. The molecule has 5 heteroatoms. The largest absolute Gasteiger partial charge is 0.437 e. The summed E-state index contributed by atoms with van der Waals surface area (Å²) in [6.07, 6.45) is 2.04. The molecule has 1 fully saturated rings. The number of likely N-dealkylation sites (tertiary alicyclic amines) is 1. The predicted octanol–water partition coefficient (Wildman–Crippen LogP) is 2.56. The average molecular weight is 305 g/mol. The molecule has 2 atom stereocenters. The Kier molecular flexibility index (Phi) is 4.26. The maximum atomic E-state index is 12.7. The molecule has 0 saturated carbocycles. The number of amides is 1. The Bertz CT molecular complexity index is 542. The van der Waals surface area contributed by atoms with Crippen LogP contribution in [0.15, 0.2) is 4.42 Å². The number of carbonyl (C=O) groups excluding carboxylic acids is 1. The van der Waals surface area contributed by atoms with Crippen LogP contribution >= 0.6 is 0 Å². The van der Waals surface area contributed by atoms with Gasteiger partial charge in [0, 0.05) is 38.6 Å². The van der Waals surface area contributed by atoms with Gasteiger partial charge in [-0.3, -0.25) is 9.69 Å². The van der Waals surface area contributed by atoms with Crippen LogP contribution in [0.5, 0.6) is 0 Å². The van der Waals surface area contributed by atoms with Crippen LogP contribution < -0.4 is 0 Å². The quantitative estimate of drug-likeness (QED) is 0.842. The van der Waals surface area contributed by atoms with E-state index in [1.807, 2.05) is 4.90 Å². The number of carbonyl (C=O) groups is 1. The number of piperidine rings is 1. The van der Waals surface area contributed by atoms with E-state index in [0.29, 0.717) is 17.9 Å². The van der Waals surface area contributed by atoms with Gasteiger partial charge < -0.3 is 9.32 Å². The van der Waals surface area contributed by atoms with E-state index in [9.17, 15) is 4.79 Å². The van der Waals surface area contributed by atoms with Crippen LogP contribution in [0, 0.1) is 11.8 Å². The van der Waals surface area contributed by atoms with Crippen LogP contribution in [0.25, 0.3) is 0 Å². The molecule has 0 spiro atoms. The van der Waals surface area contributed by atoms with Gasteiger partial charge in [-0.15, -0.1) is 0 Å². The Morgan fingerprint density at radius 3 is 2.59 bits per heavy atom. The number of hydrogen-bond donors (Lipinski definition) is 0. The molecule has 1 aromatic heterocycles. The number of hydrogen-bond acceptors (Lipinski definition) is 4. The van der Waals surface area contributed by atoms with E-state index in [1.54, 1.807) is 0 Å². The van der Waals surface area contributed by atoms with E-state index < -0.39 is 0 Å². The summed E-state index contributed by atoms with van der Waals surface area (Å²) < 4.78 is 5.79. The van der Waals surface area contributed by atoms with Crippen molar-refractivity contribution in [2.75, 3.05) is 19.6 Å². The molecule has 122 valence electrons. The van der Waals surface area contributed by atoms with Crippen molar-refractivity contribution < 1.29 is 9.21 Å². The second-order valence-electron chi connectivity index (χ2n) is 7.36. The first-order valence-corrected chi connectivity index (χ1v) is 8.46. The molecule has 1 aromatic rings. The van der Waals surface area contributed by atoms with Gasteiger partial charge in [0.2, 0.25) is 0 Å². The van der Waals surface area contributed by atoms with Crippen LogP contribution in [-0.2, 0) is 13.0 Å². The molecule has 1 amide bonds. The highest BCUT2D eigenvalue weighted by atomic mass is 16.4. The van der Waals surface area contributed by atoms with Gasteiger partial charge in [-0.05, 0) is 32.1 Å². The van der Waals surface area contributed by atoms with Gasteiger partial charge in [-0.1, -0.05) is 13.8 Å². The van der Waals surface area contributed by atoms with Crippen molar-refractivity contribution in [1.29, 1.82) is 0 Å². The Labute approximate surface area is 132 Å². The van der Waals surface area contributed by atoms with Gasteiger partial charge in [-0.2, -0.15) is 0 Å². The summed E-state index contributed by atoms with van der Waals surface area (Å²) >= 11 is 0. The van der Waals surface area contributed by atoms with Crippen molar-refractivity contribution in [2.24, 2.45) is 11.8 Å². The molecule has 3 heterocycles. The van der Waals surface area contributed by atoms with Crippen molar-refractivity contribution in [1.82, 2.24) is 14.8 Å². The zero-order valence-electron chi connectivity index (χ0n) is 14.1. The highest BCUT2D eigenvalue weighted by molar-refractivity contribution is 5.89. The Balaban J connectivity index is 1.75. The Morgan fingerprint density at radius 2 is 1.95 bits per heavy atom. The van der Waals surface area contributed by atoms with E-state index in [0.717, 1.165) is 44.1 Å². The van der Waals surface area contributed by atoms with Crippen molar-refractivity contribution >= 4 is 5.91 Å². The minimum Gasteiger partial charge on any atom is -0.437 e. The molecule has 0 N–H and O–H groups in total. The standard InChI is InChI=1S/C17H27N3O2/c1-11(2)19-6-5-15-14(10-19)18-16(22-15)17(21)20-8-12(3)7-13(4)9-20/h11-13H,5-10H2,1-4H3/t12-,13-/m0/s1. The maximum absolute atomic E-state index is 12.7. The van der Waals surface area contributed by atoms with Gasteiger partial charge in [-0.25, -0.2) is 4.98 Å². The first-order valence-electron chi connectivity index (χ1n) is 8.46. The molecule has 0 aliphatic carbocycles. The fourth-order valence-corrected chi connectivity index (χ4v) is 3.72. The molecule has 2 aliphatic heterocycles. The third-order valence-corrected chi connectivity index (χ3v) is 4.83. The summed E-state index contributed by atoms with van der Waals surface area (Å²) in [6.45, 7) is 12.2. The first kappa shape index (κ1) is 15.5. The smallest absolute Gasteiger partial charge is 0.309 e. The fraction of sp³-hybridized carbons (Fsp3) is 0.765. The second-order valence-corrected chi connectivity index (χ2v) is 7.36. The van der Waals surface area contributed by atoms with Crippen molar-refractivity contribution in [3.63, 3.8) is 0 Å². The summed E-state index contributed by atoms with van der Waals surface area (Å²) in [5, 5.41) is 0. The molecule has 5 nitrogen and oxygen atoms in total. The molecule has 2 aliphatic rings. The van der Waals surface area contributed by atoms with Crippen molar-refractivity contribution in [3.05, 3.63) is 17.3 Å². The minimum atomic E-state index is -0.0381. The summed E-state index contributed by atoms with van der Waals surface area (Å²) in [4.78, 5) is 21.5. The molecule has 3 rings (SSSR count). The highest BCUT2D eigenvalue weighted by Gasteiger charge is 2.31. The molecule has 0 radical (unpaired) electrons. The van der Waals surface area contributed by atoms with Crippen LogP contribution in [0.4, 0.5) is 0 Å². The summed E-state index contributed by atoms with van der Waals surface area (Å²) in [5.74, 6) is 2.25. The topological polar surface area (TPSA) is 49.6 Å². The normalized spacial score (nSPS) is 26.3. The lowest BCUT2D eigenvalue weighted by Crippen LogP contribution is -2.42. The van der Waals surface area contributed by atoms with Crippen LogP contribution in [-0.4, -0.2) is 46.4 Å². The lowest BCUT2D eigenvalue weighted by molar-refractivity contribution is 0.0581. The van der Waals surface area contributed by atoms with E-state index >= 15 is 0 Å². The number of oxazole rings is 1. The number of fused-ring (bicyclic) bond motifs is 1. The number of aromatic nitrogens is 1. The zero-order valence-corrected chi connectivity index (χ0v) is 14.1. The number of rotatable bonds is 2. The van der Waals surface area contributed by atoms with E-state index in [1.165, 1.54) is 6.42 Å². The van der Waals surface area contributed by atoms with Crippen LogP contribution in [0.2, 0.25) is 0 Å². The predicted molar refractivity (Wildman–Crippen MR) is 84.6 cm³/mol. The third kappa shape index (κ3) is 3.05. The lowest BCUT2D eigenvalue weighted by atomic mass is 9.92. The van der Waals surface area contributed by atoms with Crippen molar-refractivity contribution in [3.8, 4) is 0 Å². The van der Waals surface area contributed by atoms with E-state index in [2.05, 4.69) is 37.6 Å². The van der Waals surface area contributed by atoms with E-state index in [-0.39, 0.29) is 11.8 Å². The van der Waals surface area contributed by atoms with Crippen LogP contribution in [0.3, 0.4) is 0 Å². The minimum absolute atomic E-state index is 0.0381. The van der Waals surface area contributed by atoms with Gasteiger partial charge >= 0.3 is 5.91 Å². The zero-order chi connectivity index (χ0) is 15.9. The molecular formula is C17H27N3O2. The van der Waals surface area contributed by atoms with Gasteiger partial charge in [0.15, 0.2) is 0 Å². The SMILES string of the molecule is CC(C)N1CCc2oc(C(=O)N3C[C@@H](C)C[C@H](C)C3)nc2C1. The fourth-order valence-electron chi connectivity index (χ4n) is 3.72. The van der Waals surface area contributed by atoms with Gasteiger partial charge in [0.25, 0.3) is 5.89 Å². The number of nitrogens with zero attached hydrogens (tertiary/aromatic N) is 3. The maximum Gasteiger partial charge on any atom is 0.309 e. The lowest BCUT2D eigenvalue weighted by Gasteiger charge is -2.34. The van der Waals surface area contributed by atoms with Crippen LogP contribution in [0.1, 0.15) is 56.3 Å². The van der Waals surface area contributed by atoms with Gasteiger partial charge in [0.1, 0.15) is 5.76 Å². The molecular weight excluding hydrogens is 278 g/mol. The average Bonchev–Trinajstić information content (AvgIpc) is 2.88. The summed E-state index contributed by atoms with van der Waals surface area (Å²) in [7, 11) is 0. The monoisotopic (exact) mass is 305 g/mol. The Hall–Kier alpha value is -1.36. The Morgan fingerprint density at radius 1 is 1.27 bits per heavy atom. The molecule has 22 heavy (non-hydrogen) atoms. The molecule has 0 aromatic carbocycles. The summed E-state index contributed by atoms with van der Waals surface area (Å²) in [6, 6.07) is 0.493. The molecule has 0 unspecified atom stereocenters. The first-order chi connectivity index (χ1) is 10.4. The van der Waals surface area contributed by atoms with E-state index in [4.69, 9.17) is 4.42 Å².